The van der Waals surface area contributed by atoms with Gasteiger partial charge in [-0.05, 0) is 25.1 Å². The van der Waals surface area contributed by atoms with E-state index in [0.29, 0.717) is 30.2 Å². The van der Waals surface area contributed by atoms with Crippen LogP contribution in [0.2, 0.25) is 0 Å². The maximum Gasteiger partial charge on any atom is 0.255 e. The van der Waals surface area contributed by atoms with Gasteiger partial charge in [0, 0.05) is 6.20 Å². The van der Waals surface area contributed by atoms with Crippen LogP contribution in [0.5, 0.6) is 5.75 Å². The number of hydrogen-bond acceptors (Lipinski definition) is 5. The SMILES string of the molecule is CCOc1c(N)cccc1C(=O)NCc1ccncn1. The molecule has 6 nitrogen and oxygen atoms in total. The Morgan fingerprint density at radius 3 is 2.95 bits per heavy atom. The van der Waals surface area contributed by atoms with Gasteiger partial charge in [0.2, 0.25) is 0 Å². The van der Waals surface area contributed by atoms with Crippen LogP contribution in [0.4, 0.5) is 5.69 Å². The summed E-state index contributed by atoms with van der Waals surface area (Å²) in [7, 11) is 0. The number of amides is 1. The lowest BCUT2D eigenvalue weighted by molar-refractivity contribution is 0.0946. The smallest absolute Gasteiger partial charge is 0.255 e. The van der Waals surface area contributed by atoms with Crippen molar-refractivity contribution in [2.75, 3.05) is 12.3 Å². The number of ether oxygens (including phenoxy) is 1. The number of nitrogens with two attached hydrogens (primary N) is 1. The average Bonchev–Trinajstić information content (AvgIpc) is 2.48. The van der Waals surface area contributed by atoms with Gasteiger partial charge in [0.05, 0.1) is 30.1 Å². The minimum absolute atomic E-state index is 0.251. The quantitative estimate of drug-likeness (QED) is 0.803. The molecule has 1 aromatic heterocycles. The number of nitrogens with zero attached hydrogens (tertiary/aromatic N) is 2. The van der Waals surface area contributed by atoms with E-state index in [1.807, 2.05) is 6.92 Å². The molecular formula is C14H16N4O2. The predicted molar refractivity (Wildman–Crippen MR) is 75.2 cm³/mol. The van der Waals surface area contributed by atoms with Crippen molar-refractivity contribution < 1.29 is 9.53 Å². The molecule has 1 heterocycles. The summed E-state index contributed by atoms with van der Waals surface area (Å²) >= 11 is 0. The zero-order valence-corrected chi connectivity index (χ0v) is 11.2. The minimum Gasteiger partial charge on any atom is -0.491 e. The number of rotatable bonds is 5. The Hall–Kier alpha value is -2.63. The molecule has 2 rings (SSSR count). The Morgan fingerprint density at radius 1 is 1.40 bits per heavy atom. The molecular weight excluding hydrogens is 256 g/mol. The number of anilines is 1. The third kappa shape index (κ3) is 3.23. The summed E-state index contributed by atoms with van der Waals surface area (Å²) in [5.41, 5.74) is 7.42. The fraction of sp³-hybridized carbons (Fsp3) is 0.214. The Kier molecular flexibility index (Phi) is 4.49. The Labute approximate surface area is 117 Å². The lowest BCUT2D eigenvalue weighted by Crippen LogP contribution is -2.24. The van der Waals surface area contributed by atoms with Gasteiger partial charge in [-0.2, -0.15) is 0 Å². The van der Waals surface area contributed by atoms with Crippen LogP contribution in [-0.2, 0) is 6.54 Å². The Balaban J connectivity index is 2.11. The number of benzene rings is 1. The number of carbonyl (C=O) groups excluding carboxylic acids is 1. The second-order valence-corrected chi connectivity index (χ2v) is 4.04. The van der Waals surface area contributed by atoms with Crippen molar-refractivity contribution in [1.82, 2.24) is 15.3 Å². The molecule has 104 valence electrons. The summed E-state index contributed by atoms with van der Waals surface area (Å²) in [6.07, 6.45) is 3.06. The highest BCUT2D eigenvalue weighted by Gasteiger charge is 2.14. The first-order valence-corrected chi connectivity index (χ1v) is 6.26. The Morgan fingerprint density at radius 2 is 2.25 bits per heavy atom. The number of hydrogen-bond donors (Lipinski definition) is 2. The minimum atomic E-state index is -0.251. The molecule has 3 N–H and O–H groups in total. The predicted octanol–water partition coefficient (Wildman–Crippen LogP) is 1.39. The third-order valence-electron chi connectivity index (χ3n) is 2.65. The van der Waals surface area contributed by atoms with Crippen LogP contribution in [0.25, 0.3) is 0 Å². The van der Waals surface area contributed by atoms with Crippen molar-refractivity contribution in [2.45, 2.75) is 13.5 Å². The number of para-hydroxylation sites is 1. The first-order chi connectivity index (χ1) is 9.72. The van der Waals surface area contributed by atoms with Gasteiger partial charge in [0.15, 0.2) is 5.75 Å². The number of nitrogens with one attached hydrogen (secondary N) is 1. The van der Waals surface area contributed by atoms with E-state index in [-0.39, 0.29) is 5.91 Å². The zero-order chi connectivity index (χ0) is 14.4. The maximum atomic E-state index is 12.2. The molecule has 0 spiro atoms. The number of aromatic nitrogens is 2. The molecule has 0 saturated heterocycles. The number of carbonyl (C=O) groups is 1. The standard InChI is InChI=1S/C14H16N4O2/c1-2-20-13-11(4-3-5-12(13)15)14(19)17-8-10-6-7-16-9-18-10/h3-7,9H,2,8,15H2,1H3,(H,17,19). The number of nitrogen functional groups attached to an aromatic ring is 1. The molecule has 2 aromatic rings. The van der Waals surface area contributed by atoms with Crippen LogP contribution < -0.4 is 15.8 Å². The lowest BCUT2D eigenvalue weighted by atomic mass is 10.1. The lowest BCUT2D eigenvalue weighted by Gasteiger charge is -2.12. The maximum absolute atomic E-state index is 12.2. The highest BCUT2D eigenvalue weighted by atomic mass is 16.5. The molecule has 1 amide bonds. The van der Waals surface area contributed by atoms with E-state index in [2.05, 4.69) is 15.3 Å². The topological polar surface area (TPSA) is 90.1 Å². The van der Waals surface area contributed by atoms with Gasteiger partial charge in [-0.3, -0.25) is 4.79 Å². The van der Waals surface area contributed by atoms with Crippen molar-refractivity contribution in [1.29, 1.82) is 0 Å². The van der Waals surface area contributed by atoms with Crippen LogP contribution in [-0.4, -0.2) is 22.5 Å². The van der Waals surface area contributed by atoms with E-state index >= 15 is 0 Å². The summed E-state index contributed by atoms with van der Waals surface area (Å²) in [5.74, 6) is 0.162. The van der Waals surface area contributed by atoms with Crippen LogP contribution in [0.1, 0.15) is 23.0 Å². The fourth-order valence-electron chi connectivity index (χ4n) is 1.73. The van der Waals surface area contributed by atoms with Gasteiger partial charge in [0.25, 0.3) is 5.91 Å². The highest BCUT2D eigenvalue weighted by Crippen LogP contribution is 2.26. The van der Waals surface area contributed by atoms with E-state index in [0.717, 1.165) is 5.69 Å². The van der Waals surface area contributed by atoms with Crippen LogP contribution in [0.3, 0.4) is 0 Å². The summed E-state index contributed by atoms with van der Waals surface area (Å²) in [6.45, 7) is 2.61. The highest BCUT2D eigenvalue weighted by molar-refractivity contribution is 5.98. The third-order valence-corrected chi connectivity index (χ3v) is 2.65. The van der Waals surface area contributed by atoms with Crippen LogP contribution in [0, 0.1) is 0 Å². The molecule has 0 saturated carbocycles. The van der Waals surface area contributed by atoms with Crippen molar-refractivity contribution in [3.05, 3.63) is 48.0 Å². The second-order valence-electron chi connectivity index (χ2n) is 4.04. The van der Waals surface area contributed by atoms with E-state index in [4.69, 9.17) is 10.5 Å². The van der Waals surface area contributed by atoms with E-state index < -0.39 is 0 Å². The van der Waals surface area contributed by atoms with Crippen molar-refractivity contribution in [3.8, 4) is 5.75 Å². The fourth-order valence-corrected chi connectivity index (χ4v) is 1.73. The molecule has 0 bridgehead atoms. The van der Waals surface area contributed by atoms with Gasteiger partial charge in [0.1, 0.15) is 6.33 Å². The molecule has 0 aliphatic carbocycles. The largest absolute Gasteiger partial charge is 0.491 e. The van der Waals surface area contributed by atoms with Gasteiger partial charge >= 0.3 is 0 Å². The zero-order valence-electron chi connectivity index (χ0n) is 11.2. The van der Waals surface area contributed by atoms with Gasteiger partial charge < -0.3 is 15.8 Å². The molecule has 0 unspecified atom stereocenters. The molecule has 0 aliphatic rings. The van der Waals surface area contributed by atoms with E-state index in [9.17, 15) is 4.79 Å². The second kappa shape index (κ2) is 6.51. The molecule has 6 heteroatoms. The van der Waals surface area contributed by atoms with Crippen molar-refractivity contribution >= 4 is 11.6 Å². The molecule has 0 aliphatic heterocycles. The Bertz CT molecular complexity index is 587. The summed E-state index contributed by atoms with van der Waals surface area (Å²) < 4.78 is 5.43. The van der Waals surface area contributed by atoms with Crippen LogP contribution in [0.15, 0.2) is 36.8 Å². The molecule has 20 heavy (non-hydrogen) atoms. The first-order valence-electron chi connectivity index (χ1n) is 6.26. The van der Waals surface area contributed by atoms with Crippen molar-refractivity contribution in [3.63, 3.8) is 0 Å². The van der Waals surface area contributed by atoms with Crippen molar-refractivity contribution in [2.24, 2.45) is 0 Å². The normalized spacial score (nSPS) is 10.1. The first kappa shape index (κ1) is 13.8. The van der Waals surface area contributed by atoms with Crippen LogP contribution >= 0.6 is 0 Å². The molecule has 0 atom stereocenters. The summed E-state index contributed by atoms with van der Waals surface area (Å²) in [5, 5.41) is 2.78. The van der Waals surface area contributed by atoms with E-state index in [1.165, 1.54) is 6.33 Å². The molecule has 0 fully saturated rings. The summed E-state index contributed by atoms with van der Waals surface area (Å²) in [4.78, 5) is 20.0. The summed E-state index contributed by atoms with van der Waals surface area (Å²) in [6, 6.07) is 6.84. The van der Waals surface area contributed by atoms with Gasteiger partial charge in [-0.1, -0.05) is 6.07 Å². The monoisotopic (exact) mass is 272 g/mol. The molecule has 0 radical (unpaired) electrons. The van der Waals surface area contributed by atoms with Gasteiger partial charge in [-0.25, -0.2) is 9.97 Å². The average molecular weight is 272 g/mol. The van der Waals surface area contributed by atoms with Gasteiger partial charge in [-0.15, -0.1) is 0 Å². The van der Waals surface area contributed by atoms with E-state index in [1.54, 1.807) is 30.5 Å². The molecule has 1 aromatic carbocycles.